The van der Waals surface area contributed by atoms with E-state index in [4.69, 9.17) is 32.7 Å². The van der Waals surface area contributed by atoms with E-state index >= 15 is 0 Å². The first kappa shape index (κ1) is 24.3. The summed E-state index contributed by atoms with van der Waals surface area (Å²) in [5.74, 6) is -0.0632. The van der Waals surface area contributed by atoms with Crippen LogP contribution in [0.2, 0.25) is 10.0 Å². The van der Waals surface area contributed by atoms with Gasteiger partial charge in [-0.25, -0.2) is 4.79 Å². The molecule has 32 heavy (non-hydrogen) atoms. The molecule has 4 atom stereocenters. The molecule has 0 radical (unpaired) electrons. The van der Waals surface area contributed by atoms with Gasteiger partial charge >= 0.3 is 5.69 Å². The number of benzene rings is 1. The summed E-state index contributed by atoms with van der Waals surface area (Å²) in [5.41, 5.74) is -0.626. The smallest absolute Gasteiger partial charge is 0.330 e. The van der Waals surface area contributed by atoms with Crippen LogP contribution >= 0.6 is 23.2 Å². The number of hydrogen-bond acceptors (Lipinski definition) is 6. The molecule has 1 saturated heterocycles. The molecule has 2 heterocycles. The zero-order valence-corrected chi connectivity index (χ0v) is 19.2. The molecule has 0 bridgehead atoms. The van der Waals surface area contributed by atoms with Crippen LogP contribution in [0.3, 0.4) is 0 Å². The summed E-state index contributed by atoms with van der Waals surface area (Å²) in [4.78, 5) is 38.8. The van der Waals surface area contributed by atoms with Crippen molar-refractivity contribution in [3.8, 4) is 5.75 Å². The lowest BCUT2D eigenvalue weighted by molar-refractivity contribution is -0.129. The van der Waals surface area contributed by atoms with E-state index in [0.717, 1.165) is 0 Å². The Balaban J connectivity index is 1.62. The fourth-order valence-electron chi connectivity index (χ4n) is 3.42. The minimum absolute atomic E-state index is 0.0173. The average Bonchev–Trinajstić information content (AvgIpc) is 3.11. The number of nitrogens with zero attached hydrogens (tertiary/aromatic N) is 1. The molecular formula is C21H25Cl2N3O6. The molecule has 9 nitrogen and oxygen atoms in total. The van der Waals surface area contributed by atoms with Gasteiger partial charge in [0, 0.05) is 29.7 Å². The lowest BCUT2D eigenvalue weighted by Gasteiger charge is -2.21. The minimum atomic E-state index is -0.907. The molecule has 2 aromatic rings. The Morgan fingerprint density at radius 3 is 2.78 bits per heavy atom. The maximum atomic E-state index is 12.6. The molecule has 1 aliphatic heterocycles. The van der Waals surface area contributed by atoms with E-state index in [2.05, 4.69) is 10.3 Å². The van der Waals surface area contributed by atoms with E-state index in [1.54, 1.807) is 26.0 Å². The Labute approximate surface area is 194 Å². The number of halogens is 2. The first-order valence-electron chi connectivity index (χ1n) is 10.3. The Hall–Kier alpha value is -2.33. The van der Waals surface area contributed by atoms with E-state index in [-0.39, 0.29) is 13.0 Å². The van der Waals surface area contributed by atoms with Crippen molar-refractivity contribution in [1.29, 1.82) is 0 Å². The number of aromatic amines is 1. The van der Waals surface area contributed by atoms with Crippen molar-refractivity contribution < 1.29 is 19.4 Å². The highest BCUT2D eigenvalue weighted by atomic mass is 35.5. The number of carbonyl (C=O) groups excluding carboxylic acids is 1. The second-order valence-electron chi connectivity index (χ2n) is 7.44. The fourth-order valence-corrected chi connectivity index (χ4v) is 3.88. The zero-order valence-electron chi connectivity index (χ0n) is 17.6. The third-order valence-corrected chi connectivity index (χ3v) is 5.77. The highest BCUT2D eigenvalue weighted by molar-refractivity contribution is 6.35. The first-order chi connectivity index (χ1) is 15.2. The quantitative estimate of drug-likeness (QED) is 0.525. The van der Waals surface area contributed by atoms with Crippen molar-refractivity contribution >= 4 is 29.1 Å². The molecule has 1 unspecified atom stereocenters. The highest BCUT2D eigenvalue weighted by Crippen LogP contribution is 2.29. The molecule has 1 aromatic heterocycles. The second-order valence-corrected chi connectivity index (χ2v) is 8.28. The van der Waals surface area contributed by atoms with Crippen molar-refractivity contribution in [2.75, 3.05) is 6.54 Å². The number of aliphatic hydroxyl groups excluding tert-OH is 1. The van der Waals surface area contributed by atoms with Gasteiger partial charge in [-0.2, -0.15) is 0 Å². The number of hydrogen-bond donors (Lipinski definition) is 3. The molecule has 0 saturated carbocycles. The summed E-state index contributed by atoms with van der Waals surface area (Å²) in [5, 5.41) is 13.8. The van der Waals surface area contributed by atoms with Crippen molar-refractivity contribution in [1.82, 2.24) is 14.9 Å². The summed E-state index contributed by atoms with van der Waals surface area (Å²) in [6, 6.07) is 4.72. The lowest BCUT2D eigenvalue weighted by atomic mass is 10.1. The predicted molar refractivity (Wildman–Crippen MR) is 119 cm³/mol. The van der Waals surface area contributed by atoms with E-state index in [0.29, 0.717) is 34.2 Å². The molecule has 1 aromatic carbocycles. The number of aliphatic hydroxyl groups is 1. The van der Waals surface area contributed by atoms with Crippen molar-refractivity contribution in [3.05, 3.63) is 60.8 Å². The average molecular weight is 486 g/mol. The number of ether oxygens (including phenoxy) is 2. The number of nitrogens with one attached hydrogen (secondary N) is 2. The van der Waals surface area contributed by atoms with Crippen molar-refractivity contribution in [2.45, 2.75) is 57.6 Å². The maximum Gasteiger partial charge on any atom is 0.330 e. The third kappa shape index (κ3) is 5.53. The van der Waals surface area contributed by atoms with Crippen LogP contribution < -0.4 is 21.3 Å². The SMILES string of the molecule is CCc1cn([C@@H]2CC(O)[C@H](CNC(=O)[C@H](CC)Oc3ccc(Cl)cc3Cl)O2)c(=O)[nH]c1=O. The molecule has 1 fully saturated rings. The Morgan fingerprint density at radius 2 is 2.12 bits per heavy atom. The third-order valence-electron chi connectivity index (χ3n) is 5.24. The number of carbonyl (C=O) groups is 1. The van der Waals surface area contributed by atoms with Crippen LogP contribution in [0.25, 0.3) is 0 Å². The molecule has 3 rings (SSSR count). The first-order valence-corrected chi connectivity index (χ1v) is 11.1. The van der Waals surface area contributed by atoms with E-state index in [1.165, 1.54) is 16.8 Å². The van der Waals surface area contributed by atoms with Gasteiger partial charge < -0.3 is 19.9 Å². The van der Waals surface area contributed by atoms with E-state index < -0.39 is 41.7 Å². The molecule has 3 N–H and O–H groups in total. The van der Waals surface area contributed by atoms with Gasteiger partial charge in [-0.05, 0) is 31.0 Å². The van der Waals surface area contributed by atoms with Crippen LogP contribution in [-0.2, 0) is 16.0 Å². The number of aromatic nitrogens is 2. The standard InChI is InChI=1S/C21H25Cl2N3O6/c1-3-11-10-26(21(30)25-19(11)28)18-8-14(27)17(32-18)9-24-20(29)15(4-2)31-16-6-5-12(22)7-13(16)23/h5-7,10,14-15,17-18,27H,3-4,8-9H2,1-2H3,(H,24,29)(H,25,28,30)/t14?,15-,17-,18-/m0/s1. The minimum Gasteiger partial charge on any atom is -0.479 e. The van der Waals surface area contributed by atoms with Crippen LogP contribution in [0, 0.1) is 0 Å². The van der Waals surface area contributed by atoms with Gasteiger partial charge in [0.15, 0.2) is 6.10 Å². The highest BCUT2D eigenvalue weighted by Gasteiger charge is 2.36. The summed E-state index contributed by atoms with van der Waals surface area (Å²) in [6.45, 7) is 3.61. The van der Waals surface area contributed by atoms with Crippen LogP contribution in [0.5, 0.6) is 5.75 Å². The number of aryl methyl sites for hydroxylation is 1. The monoisotopic (exact) mass is 485 g/mol. The number of amides is 1. The Bertz CT molecular complexity index is 1090. The normalized spacial score (nSPS) is 21.3. The van der Waals surface area contributed by atoms with Gasteiger partial charge in [0.2, 0.25) is 0 Å². The van der Waals surface area contributed by atoms with Gasteiger partial charge in [0.1, 0.15) is 18.1 Å². The van der Waals surface area contributed by atoms with E-state index in [1.807, 2.05) is 0 Å². The topological polar surface area (TPSA) is 123 Å². The maximum absolute atomic E-state index is 12.6. The molecule has 1 aliphatic rings. The summed E-state index contributed by atoms with van der Waals surface area (Å²) in [7, 11) is 0. The largest absolute Gasteiger partial charge is 0.479 e. The zero-order chi connectivity index (χ0) is 23.4. The van der Waals surface area contributed by atoms with Crippen molar-refractivity contribution in [2.24, 2.45) is 0 Å². The van der Waals surface area contributed by atoms with Crippen LogP contribution in [0.1, 0.15) is 38.5 Å². The van der Waals surface area contributed by atoms with Gasteiger partial charge in [-0.1, -0.05) is 37.0 Å². The number of H-pyrrole nitrogens is 1. The van der Waals surface area contributed by atoms with Crippen molar-refractivity contribution in [3.63, 3.8) is 0 Å². The number of rotatable bonds is 8. The molecule has 11 heteroatoms. The molecule has 1 amide bonds. The molecule has 0 spiro atoms. The molecular weight excluding hydrogens is 461 g/mol. The Morgan fingerprint density at radius 1 is 1.38 bits per heavy atom. The van der Waals surface area contributed by atoms with Gasteiger partial charge in [-0.15, -0.1) is 0 Å². The van der Waals surface area contributed by atoms with Gasteiger partial charge in [0.05, 0.1) is 11.1 Å². The fraction of sp³-hybridized carbons (Fsp3) is 0.476. The van der Waals surface area contributed by atoms with Crippen LogP contribution in [-0.4, -0.2) is 45.4 Å². The van der Waals surface area contributed by atoms with Crippen LogP contribution in [0.4, 0.5) is 0 Å². The molecule has 0 aliphatic carbocycles. The summed E-state index contributed by atoms with van der Waals surface area (Å²) >= 11 is 12.0. The van der Waals surface area contributed by atoms with Gasteiger partial charge in [-0.3, -0.25) is 19.1 Å². The summed E-state index contributed by atoms with van der Waals surface area (Å²) < 4.78 is 12.8. The van der Waals surface area contributed by atoms with E-state index in [9.17, 15) is 19.5 Å². The predicted octanol–water partition coefficient (Wildman–Crippen LogP) is 2.03. The lowest BCUT2D eigenvalue weighted by Crippen LogP contribution is -2.43. The van der Waals surface area contributed by atoms with Gasteiger partial charge in [0.25, 0.3) is 11.5 Å². The molecule has 174 valence electrons. The Kier molecular flexibility index (Phi) is 8.00. The van der Waals surface area contributed by atoms with Crippen LogP contribution in [0.15, 0.2) is 34.0 Å². The second kappa shape index (κ2) is 10.5. The summed E-state index contributed by atoms with van der Waals surface area (Å²) in [6.07, 6.45) is -0.792.